The summed E-state index contributed by atoms with van der Waals surface area (Å²) in [7, 11) is 0. The topological polar surface area (TPSA) is 43.4 Å². The van der Waals surface area contributed by atoms with E-state index < -0.39 is 0 Å². The molecule has 1 aromatic rings. The van der Waals surface area contributed by atoms with Crippen LogP contribution in [-0.4, -0.2) is 11.8 Å². The molecule has 0 N–H and O–H groups in total. The van der Waals surface area contributed by atoms with Gasteiger partial charge in [-0.05, 0) is 18.1 Å². The molecule has 0 saturated carbocycles. The number of ether oxygens (including phenoxy) is 1. The third-order valence-corrected chi connectivity index (χ3v) is 2.83. The fraction of sp³-hybridized carbons (Fsp3) is 0.273. The molecule has 1 aliphatic heterocycles. The normalized spacial score (nSPS) is 18.0. The monoisotopic (exact) mass is 188 g/mol. The third kappa shape index (κ3) is 0.867. The van der Waals surface area contributed by atoms with Crippen molar-refractivity contribution < 1.29 is 14.3 Å². The number of hydrogen-bond acceptors (Lipinski definition) is 3. The summed E-state index contributed by atoms with van der Waals surface area (Å²) in [5.41, 5.74) is 3.26. The van der Waals surface area contributed by atoms with Crippen LogP contribution in [0.4, 0.5) is 0 Å². The lowest BCUT2D eigenvalue weighted by atomic mass is 10.0. The molecule has 0 spiro atoms. The number of Topliss-reactive ketones (excluding diaryl/α,β-unsaturated/α-hetero) is 1. The van der Waals surface area contributed by atoms with Gasteiger partial charge in [0.05, 0.1) is 5.56 Å². The van der Waals surface area contributed by atoms with Crippen molar-refractivity contribution in [2.24, 2.45) is 0 Å². The van der Waals surface area contributed by atoms with E-state index in [1.54, 1.807) is 6.07 Å². The zero-order valence-electron chi connectivity index (χ0n) is 7.50. The highest BCUT2D eigenvalue weighted by molar-refractivity contribution is 6.03. The van der Waals surface area contributed by atoms with Crippen molar-refractivity contribution in [2.45, 2.75) is 19.4 Å². The molecule has 2 aliphatic rings. The summed E-state index contributed by atoms with van der Waals surface area (Å²) < 4.78 is 4.89. The lowest BCUT2D eigenvalue weighted by Gasteiger charge is -1.99. The van der Waals surface area contributed by atoms with E-state index in [4.69, 9.17) is 4.74 Å². The Morgan fingerprint density at radius 3 is 2.71 bits per heavy atom. The van der Waals surface area contributed by atoms with Crippen LogP contribution in [0.25, 0.3) is 0 Å². The molecule has 0 amide bonds. The molecule has 0 atom stereocenters. The Morgan fingerprint density at radius 2 is 1.86 bits per heavy atom. The van der Waals surface area contributed by atoms with E-state index in [9.17, 15) is 9.59 Å². The average molecular weight is 188 g/mol. The molecule has 70 valence electrons. The van der Waals surface area contributed by atoms with E-state index in [-0.39, 0.29) is 11.8 Å². The van der Waals surface area contributed by atoms with Gasteiger partial charge in [0.25, 0.3) is 0 Å². The van der Waals surface area contributed by atoms with Crippen molar-refractivity contribution in [1.82, 2.24) is 0 Å². The predicted octanol–water partition coefficient (Wildman–Crippen LogP) is 1.49. The van der Waals surface area contributed by atoms with E-state index in [0.29, 0.717) is 24.2 Å². The summed E-state index contributed by atoms with van der Waals surface area (Å²) in [6.07, 6.45) is 1.38. The fourth-order valence-electron chi connectivity index (χ4n) is 2.08. The number of esters is 1. The van der Waals surface area contributed by atoms with E-state index in [2.05, 4.69) is 0 Å². The molecular weight excluding hydrogens is 180 g/mol. The molecule has 3 rings (SSSR count). The number of hydrogen-bond donors (Lipinski definition) is 0. The Balaban J connectivity index is 2.25. The van der Waals surface area contributed by atoms with Gasteiger partial charge in [0.1, 0.15) is 6.61 Å². The summed E-state index contributed by atoms with van der Waals surface area (Å²) in [6.45, 7) is 0.357. The van der Waals surface area contributed by atoms with Gasteiger partial charge < -0.3 is 4.74 Å². The van der Waals surface area contributed by atoms with E-state index >= 15 is 0 Å². The van der Waals surface area contributed by atoms with Crippen molar-refractivity contribution in [1.29, 1.82) is 0 Å². The molecule has 14 heavy (non-hydrogen) atoms. The van der Waals surface area contributed by atoms with Crippen molar-refractivity contribution in [3.05, 3.63) is 34.4 Å². The van der Waals surface area contributed by atoms with Gasteiger partial charge in [-0.1, -0.05) is 6.07 Å². The van der Waals surface area contributed by atoms with Crippen molar-refractivity contribution in [2.75, 3.05) is 0 Å². The Morgan fingerprint density at radius 1 is 1.00 bits per heavy atom. The molecule has 1 aliphatic carbocycles. The number of carbonyl (C=O) groups is 2. The second kappa shape index (κ2) is 2.44. The summed E-state index contributed by atoms with van der Waals surface area (Å²) in [5.74, 6) is -0.162. The Kier molecular flexibility index (Phi) is 1.35. The van der Waals surface area contributed by atoms with Crippen LogP contribution in [0.15, 0.2) is 12.1 Å². The maximum absolute atomic E-state index is 11.4. The van der Waals surface area contributed by atoms with Gasteiger partial charge in [-0.2, -0.15) is 0 Å². The number of fused-ring (bicyclic) bond motifs is 2. The lowest BCUT2D eigenvalue weighted by molar-refractivity contribution is 0.0535. The molecule has 1 aromatic carbocycles. The first-order chi connectivity index (χ1) is 6.75. The van der Waals surface area contributed by atoms with Crippen LogP contribution in [0.3, 0.4) is 0 Å². The van der Waals surface area contributed by atoms with Gasteiger partial charge in [-0.15, -0.1) is 0 Å². The number of aryl methyl sites for hydroxylation is 1. The predicted molar refractivity (Wildman–Crippen MR) is 48.2 cm³/mol. The third-order valence-electron chi connectivity index (χ3n) is 2.83. The highest BCUT2D eigenvalue weighted by Crippen LogP contribution is 2.29. The summed E-state index contributed by atoms with van der Waals surface area (Å²) in [4.78, 5) is 22.7. The molecule has 0 radical (unpaired) electrons. The van der Waals surface area contributed by atoms with Gasteiger partial charge in [-0.3, -0.25) is 4.79 Å². The van der Waals surface area contributed by atoms with Crippen LogP contribution in [0, 0.1) is 0 Å². The van der Waals surface area contributed by atoms with Gasteiger partial charge in [0.15, 0.2) is 5.78 Å². The van der Waals surface area contributed by atoms with Crippen molar-refractivity contribution in [3.63, 3.8) is 0 Å². The smallest absolute Gasteiger partial charge is 0.338 e. The van der Waals surface area contributed by atoms with Crippen LogP contribution >= 0.6 is 0 Å². The molecule has 0 unspecified atom stereocenters. The number of carbonyl (C=O) groups excluding carboxylic acids is 2. The lowest BCUT2D eigenvalue weighted by Crippen LogP contribution is -1.98. The summed E-state index contributed by atoms with van der Waals surface area (Å²) in [6, 6.07) is 3.62. The first-order valence-corrected chi connectivity index (χ1v) is 4.62. The molecular formula is C11H8O3. The largest absolute Gasteiger partial charge is 0.457 e. The van der Waals surface area contributed by atoms with Crippen LogP contribution in [0.5, 0.6) is 0 Å². The van der Waals surface area contributed by atoms with E-state index in [0.717, 1.165) is 17.5 Å². The Hall–Kier alpha value is -1.64. The molecule has 0 bridgehead atoms. The molecule has 3 heteroatoms. The minimum absolute atomic E-state index is 0.141. The highest BCUT2D eigenvalue weighted by Gasteiger charge is 2.27. The Bertz CT molecular complexity index is 421. The maximum atomic E-state index is 11.4. The zero-order chi connectivity index (χ0) is 9.71. The number of cyclic esters (lactones) is 1. The molecule has 3 nitrogen and oxygen atoms in total. The molecule has 1 heterocycles. The van der Waals surface area contributed by atoms with Crippen LogP contribution in [-0.2, 0) is 17.8 Å². The number of benzene rings is 1. The van der Waals surface area contributed by atoms with Gasteiger partial charge in [-0.25, -0.2) is 4.79 Å². The average Bonchev–Trinajstić information content (AvgIpc) is 2.71. The number of rotatable bonds is 0. The summed E-state index contributed by atoms with van der Waals surface area (Å²) >= 11 is 0. The van der Waals surface area contributed by atoms with Gasteiger partial charge in [0.2, 0.25) is 0 Å². The number of ketones is 1. The second-order valence-electron chi connectivity index (χ2n) is 3.67. The maximum Gasteiger partial charge on any atom is 0.338 e. The van der Waals surface area contributed by atoms with E-state index in [1.807, 2.05) is 6.07 Å². The molecule has 0 saturated heterocycles. The minimum atomic E-state index is -0.303. The Labute approximate surface area is 80.7 Å². The first-order valence-electron chi connectivity index (χ1n) is 4.62. The van der Waals surface area contributed by atoms with E-state index in [1.165, 1.54) is 0 Å². The molecule has 0 aromatic heterocycles. The zero-order valence-corrected chi connectivity index (χ0v) is 7.50. The van der Waals surface area contributed by atoms with Crippen LogP contribution in [0.1, 0.15) is 38.3 Å². The van der Waals surface area contributed by atoms with Crippen LogP contribution < -0.4 is 0 Å². The summed E-state index contributed by atoms with van der Waals surface area (Å²) in [5, 5.41) is 0. The first kappa shape index (κ1) is 7.74. The SMILES string of the molecule is O=C1CCc2cc3c(cc21)C(=O)OC3. The van der Waals surface area contributed by atoms with Crippen molar-refractivity contribution >= 4 is 11.8 Å². The highest BCUT2D eigenvalue weighted by atomic mass is 16.5. The minimum Gasteiger partial charge on any atom is -0.457 e. The second-order valence-corrected chi connectivity index (χ2v) is 3.67. The standard InChI is InChI=1S/C11H8O3/c12-10-2-1-6-3-7-5-14-11(13)9(7)4-8(6)10/h3-4H,1-2,5H2. The van der Waals surface area contributed by atoms with Crippen LogP contribution in [0.2, 0.25) is 0 Å². The quantitative estimate of drug-likeness (QED) is 0.579. The molecule has 0 fully saturated rings. The fourth-order valence-corrected chi connectivity index (χ4v) is 2.08. The van der Waals surface area contributed by atoms with Gasteiger partial charge >= 0.3 is 5.97 Å². The van der Waals surface area contributed by atoms with Gasteiger partial charge in [0, 0.05) is 17.5 Å². The van der Waals surface area contributed by atoms with Crippen molar-refractivity contribution in [3.8, 4) is 0 Å².